The molecule has 7 heteroatoms. The van der Waals surface area contributed by atoms with Crippen molar-refractivity contribution in [2.45, 2.75) is 25.4 Å². The van der Waals surface area contributed by atoms with Crippen LogP contribution in [0.4, 0.5) is 5.69 Å². The maximum absolute atomic E-state index is 9.25. The second-order valence-electron chi connectivity index (χ2n) is 5.51. The monoisotopic (exact) mass is 298 g/mol. The molecular formula is C15H18N6O. The van der Waals surface area contributed by atoms with E-state index in [1.165, 1.54) is 6.33 Å². The fraction of sp³-hybridized carbons (Fsp3) is 0.467. The summed E-state index contributed by atoms with van der Waals surface area (Å²) >= 11 is 0. The van der Waals surface area contributed by atoms with Crippen LogP contribution >= 0.6 is 0 Å². The summed E-state index contributed by atoms with van der Waals surface area (Å²) in [5.41, 5.74) is 2.34. The van der Waals surface area contributed by atoms with Crippen molar-refractivity contribution in [3.8, 4) is 6.07 Å². The quantitative estimate of drug-likeness (QED) is 0.917. The van der Waals surface area contributed by atoms with Crippen molar-refractivity contribution < 1.29 is 4.74 Å². The fourth-order valence-electron chi connectivity index (χ4n) is 2.85. The third-order valence-corrected chi connectivity index (χ3v) is 4.00. The van der Waals surface area contributed by atoms with Crippen LogP contribution in [0.15, 0.2) is 18.6 Å². The van der Waals surface area contributed by atoms with Crippen LogP contribution in [0.5, 0.6) is 0 Å². The lowest BCUT2D eigenvalue weighted by molar-refractivity contribution is 0.108. The minimum Gasteiger partial charge on any atom is -0.376 e. The van der Waals surface area contributed by atoms with Crippen LogP contribution in [-0.2, 0) is 4.74 Å². The molecule has 2 atom stereocenters. The summed E-state index contributed by atoms with van der Waals surface area (Å²) in [5.74, 6) is 1.07. The van der Waals surface area contributed by atoms with Gasteiger partial charge in [0.05, 0.1) is 17.4 Å². The Morgan fingerprint density at radius 3 is 3.09 bits per heavy atom. The van der Waals surface area contributed by atoms with Crippen molar-refractivity contribution in [1.82, 2.24) is 20.2 Å². The number of rotatable bonds is 4. The van der Waals surface area contributed by atoms with E-state index in [1.54, 1.807) is 6.20 Å². The van der Waals surface area contributed by atoms with Crippen molar-refractivity contribution in [2.75, 3.05) is 25.1 Å². The van der Waals surface area contributed by atoms with Crippen LogP contribution < -0.4 is 4.90 Å². The molecule has 3 rings (SSSR count). The van der Waals surface area contributed by atoms with Gasteiger partial charge < -0.3 is 9.64 Å². The molecule has 2 aromatic heterocycles. The van der Waals surface area contributed by atoms with Gasteiger partial charge >= 0.3 is 0 Å². The van der Waals surface area contributed by atoms with Crippen LogP contribution in [0, 0.1) is 18.3 Å². The number of nitrogens with zero attached hydrogens (tertiary/aromatic N) is 5. The van der Waals surface area contributed by atoms with Gasteiger partial charge in [-0.05, 0) is 19.4 Å². The van der Waals surface area contributed by atoms with Gasteiger partial charge in [-0.3, -0.25) is 10.1 Å². The van der Waals surface area contributed by atoms with E-state index in [0.717, 1.165) is 23.6 Å². The van der Waals surface area contributed by atoms with Gasteiger partial charge in [0.1, 0.15) is 18.2 Å². The highest BCUT2D eigenvalue weighted by atomic mass is 16.5. The number of likely N-dealkylation sites (N-methyl/N-ethyl adjacent to an activating group) is 1. The summed E-state index contributed by atoms with van der Waals surface area (Å²) in [6, 6.07) is 4.12. The number of nitrogens with one attached hydrogen (secondary N) is 1. The average Bonchev–Trinajstić information content (AvgIpc) is 3.17. The molecule has 0 aliphatic carbocycles. The van der Waals surface area contributed by atoms with E-state index < -0.39 is 0 Å². The summed E-state index contributed by atoms with van der Waals surface area (Å²) in [4.78, 5) is 10.5. The number of aromatic nitrogens is 4. The Morgan fingerprint density at radius 1 is 1.50 bits per heavy atom. The maximum atomic E-state index is 9.25. The summed E-state index contributed by atoms with van der Waals surface area (Å²) < 4.78 is 5.86. The highest BCUT2D eigenvalue weighted by molar-refractivity contribution is 5.58. The number of anilines is 1. The van der Waals surface area contributed by atoms with E-state index in [0.29, 0.717) is 18.7 Å². The number of hydrogen-bond donors (Lipinski definition) is 1. The van der Waals surface area contributed by atoms with Crippen molar-refractivity contribution in [3.05, 3.63) is 35.7 Å². The number of nitriles is 1. The number of H-pyrrole nitrogens is 1. The van der Waals surface area contributed by atoms with Crippen molar-refractivity contribution in [2.24, 2.45) is 0 Å². The van der Waals surface area contributed by atoms with E-state index >= 15 is 0 Å². The Bertz CT molecular complexity index is 678. The molecule has 0 aromatic carbocycles. The van der Waals surface area contributed by atoms with Crippen LogP contribution in [-0.4, -0.2) is 46.5 Å². The van der Waals surface area contributed by atoms with E-state index in [-0.39, 0.29) is 12.0 Å². The molecule has 0 unspecified atom stereocenters. The highest BCUT2D eigenvalue weighted by Crippen LogP contribution is 2.30. The lowest BCUT2D eigenvalue weighted by atomic mass is 10.00. The average molecular weight is 298 g/mol. The van der Waals surface area contributed by atoms with Crippen molar-refractivity contribution in [3.63, 3.8) is 0 Å². The molecule has 1 N–H and O–H groups in total. The van der Waals surface area contributed by atoms with Crippen molar-refractivity contribution in [1.29, 1.82) is 5.26 Å². The predicted octanol–water partition coefficient (Wildman–Crippen LogP) is 1.39. The molecule has 2 aromatic rings. The third-order valence-electron chi connectivity index (χ3n) is 4.00. The Morgan fingerprint density at radius 2 is 2.36 bits per heavy atom. The standard InChI is InChI=1S/C15H18N6O/c1-10-5-13(11(6-16)7-17-10)21(2)8-14-12(3-4-22-14)15-18-9-19-20-15/h5,7,9,12,14H,3-4,8H2,1-2H3,(H,18,19,20)/t12-,14-/m1/s1. The number of pyridine rings is 1. The minimum absolute atomic E-state index is 0.0259. The minimum atomic E-state index is 0.0259. The van der Waals surface area contributed by atoms with Crippen LogP contribution in [0.1, 0.15) is 29.4 Å². The molecule has 0 amide bonds. The second kappa shape index (κ2) is 6.12. The molecule has 0 saturated carbocycles. The highest BCUT2D eigenvalue weighted by Gasteiger charge is 2.32. The van der Waals surface area contributed by atoms with Gasteiger partial charge in [-0.25, -0.2) is 4.98 Å². The predicted molar refractivity (Wildman–Crippen MR) is 80.4 cm³/mol. The Labute approximate surface area is 129 Å². The third kappa shape index (κ3) is 2.78. The first-order valence-corrected chi connectivity index (χ1v) is 7.23. The molecule has 1 saturated heterocycles. The molecule has 3 heterocycles. The summed E-state index contributed by atoms with van der Waals surface area (Å²) in [6.07, 6.45) is 4.09. The van der Waals surface area contributed by atoms with Crippen LogP contribution in [0.3, 0.4) is 0 Å². The number of aromatic amines is 1. The number of ether oxygens (including phenoxy) is 1. The van der Waals surface area contributed by atoms with E-state index in [2.05, 4.69) is 26.2 Å². The van der Waals surface area contributed by atoms with Crippen LogP contribution in [0.25, 0.3) is 0 Å². The van der Waals surface area contributed by atoms with E-state index in [4.69, 9.17) is 4.74 Å². The lowest BCUT2D eigenvalue weighted by Crippen LogP contribution is -2.32. The topological polar surface area (TPSA) is 90.7 Å². The van der Waals surface area contributed by atoms with Gasteiger partial charge in [0.15, 0.2) is 0 Å². The van der Waals surface area contributed by atoms with Gasteiger partial charge in [0.2, 0.25) is 0 Å². The maximum Gasteiger partial charge on any atom is 0.137 e. The Hall–Kier alpha value is -2.46. The summed E-state index contributed by atoms with van der Waals surface area (Å²) in [6.45, 7) is 3.32. The smallest absolute Gasteiger partial charge is 0.137 e. The molecule has 0 spiro atoms. The second-order valence-corrected chi connectivity index (χ2v) is 5.51. The first-order valence-electron chi connectivity index (χ1n) is 7.23. The SMILES string of the molecule is Cc1cc(N(C)C[C@H]2OCC[C@H]2c2ncn[nH]2)c(C#N)cn1. The van der Waals surface area contributed by atoms with E-state index in [1.807, 2.05) is 24.9 Å². The van der Waals surface area contributed by atoms with Gasteiger partial charge in [-0.2, -0.15) is 10.4 Å². The zero-order valence-electron chi connectivity index (χ0n) is 12.7. The summed E-state index contributed by atoms with van der Waals surface area (Å²) in [7, 11) is 1.97. The van der Waals surface area contributed by atoms with Gasteiger partial charge in [0.25, 0.3) is 0 Å². The molecule has 1 aliphatic rings. The Balaban J connectivity index is 1.78. The summed E-state index contributed by atoms with van der Waals surface area (Å²) in [5, 5.41) is 16.1. The fourth-order valence-corrected chi connectivity index (χ4v) is 2.85. The zero-order valence-corrected chi connectivity index (χ0v) is 12.7. The largest absolute Gasteiger partial charge is 0.376 e. The van der Waals surface area contributed by atoms with Crippen molar-refractivity contribution >= 4 is 5.69 Å². The zero-order chi connectivity index (χ0) is 15.5. The lowest BCUT2D eigenvalue weighted by Gasteiger charge is -2.26. The Kier molecular flexibility index (Phi) is 4.02. The van der Waals surface area contributed by atoms with Gasteiger partial charge in [-0.1, -0.05) is 0 Å². The molecule has 0 bridgehead atoms. The molecule has 114 valence electrons. The molecular weight excluding hydrogens is 280 g/mol. The van der Waals surface area contributed by atoms with Crippen LogP contribution in [0.2, 0.25) is 0 Å². The normalized spacial score (nSPS) is 20.8. The molecule has 22 heavy (non-hydrogen) atoms. The van der Waals surface area contributed by atoms with E-state index in [9.17, 15) is 5.26 Å². The molecule has 1 aliphatic heterocycles. The van der Waals surface area contributed by atoms with Gasteiger partial charge in [0, 0.05) is 38.0 Å². The van der Waals surface area contributed by atoms with Gasteiger partial charge in [-0.15, -0.1) is 0 Å². The first kappa shape index (κ1) is 14.5. The number of hydrogen-bond acceptors (Lipinski definition) is 6. The number of aryl methyl sites for hydroxylation is 1. The first-order chi connectivity index (χ1) is 10.7. The molecule has 7 nitrogen and oxygen atoms in total. The molecule has 0 radical (unpaired) electrons. The molecule has 1 fully saturated rings.